The second-order valence-electron chi connectivity index (χ2n) is 7.03. The van der Waals surface area contributed by atoms with Crippen molar-refractivity contribution in [3.05, 3.63) is 47.8 Å². The molecule has 1 saturated heterocycles. The molecule has 2 aromatic rings. The van der Waals surface area contributed by atoms with E-state index in [-0.39, 0.29) is 31.0 Å². The summed E-state index contributed by atoms with van der Waals surface area (Å²) in [5.74, 6) is 0.921. The molecule has 1 fully saturated rings. The molecule has 2 aliphatic rings. The zero-order valence-corrected chi connectivity index (χ0v) is 16.5. The Morgan fingerprint density at radius 1 is 1.07 bits per heavy atom. The maximum atomic E-state index is 13.0. The highest BCUT2D eigenvalue weighted by Gasteiger charge is 2.24. The summed E-state index contributed by atoms with van der Waals surface area (Å²) in [6, 6.07) is 8.87. The molecule has 0 unspecified atom stereocenters. The van der Waals surface area contributed by atoms with E-state index in [0.29, 0.717) is 54.7 Å². The van der Waals surface area contributed by atoms with Crippen LogP contribution in [0, 0.1) is 5.82 Å². The van der Waals surface area contributed by atoms with Crippen LogP contribution in [-0.4, -0.2) is 68.2 Å². The van der Waals surface area contributed by atoms with Gasteiger partial charge in [0.1, 0.15) is 11.6 Å². The zero-order chi connectivity index (χ0) is 21.1. The number of methoxy groups -OCH3 is 1. The van der Waals surface area contributed by atoms with E-state index in [1.54, 1.807) is 17.0 Å². The lowest BCUT2D eigenvalue weighted by atomic mass is 10.2. The SMILES string of the molecule is COc1cc2c(cc1NC(=O)CN1CCN(C(=O)c3ccc(F)cc3)CC1)OCO2. The van der Waals surface area contributed by atoms with Gasteiger partial charge in [-0.3, -0.25) is 14.5 Å². The number of hydrogen-bond donors (Lipinski definition) is 1. The van der Waals surface area contributed by atoms with E-state index in [4.69, 9.17) is 14.2 Å². The minimum Gasteiger partial charge on any atom is -0.494 e. The Bertz CT molecular complexity index is 942. The zero-order valence-electron chi connectivity index (χ0n) is 16.5. The van der Waals surface area contributed by atoms with Crippen molar-refractivity contribution >= 4 is 17.5 Å². The van der Waals surface area contributed by atoms with E-state index in [1.807, 2.05) is 4.90 Å². The van der Waals surface area contributed by atoms with Crippen LogP contribution in [-0.2, 0) is 4.79 Å². The second-order valence-corrected chi connectivity index (χ2v) is 7.03. The summed E-state index contributed by atoms with van der Waals surface area (Å²) in [6.07, 6.45) is 0. The molecule has 2 aliphatic heterocycles. The molecule has 2 aromatic carbocycles. The standard InChI is InChI=1S/C21H22FN3O5/c1-28-17-11-19-18(29-13-30-19)10-16(17)23-20(26)12-24-6-8-25(9-7-24)21(27)14-2-4-15(22)5-3-14/h2-5,10-11H,6-9,12-13H2,1H3,(H,23,26). The van der Waals surface area contributed by atoms with Crippen LogP contribution in [0.4, 0.5) is 10.1 Å². The average Bonchev–Trinajstić information content (AvgIpc) is 3.21. The minimum atomic E-state index is -0.374. The van der Waals surface area contributed by atoms with Gasteiger partial charge in [-0.15, -0.1) is 0 Å². The Hall–Kier alpha value is -3.33. The van der Waals surface area contributed by atoms with Gasteiger partial charge >= 0.3 is 0 Å². The molecule has 2 heterocycles. The summed E-state index contributed by atoms with van der Waals surface area (Å²) in [7, 11) is 1.52. The number of ether oxygens (including phenoxy) is 3. The van der Waals surface area contributed by atoms with Gasteiger partial charge in [0, 0.05) is 43.9 Å². The number of nitrogens with one attached hydrogen (secondary N) is 1. The van der Waals surface area contributed by atoms with E-state index < -0.39 is 0 Å². The number of carbonyl (C=O) groups is 2. The van der Waals surface area contributed by atoms with Crippen LogP contribution in [0.5, 0.6) is 17.2 Å². The van der Waals surface area contributed by atoms with Crippen molar-refractivity contribution in [2.75, 3.05) is 51.9 Å². The summed E-state index contributed by atoms with van der Waals surface area (Å²) < 4.78 is 29.0. The monoisotopic (exact) mass is 415 g/mol. The number of rotatable bonds is 5. The number of hydrogen-bond acceptors (Lipinski definition) is 6. The molecule has 0 spiro atoms. The molecule has 0 atom stereocenters. The predicted octanol–water partition coefficient (Wildman–Crippen LogP) is 1.96. The van der Waals surface area contributed by atoms with Gasteiger partial charge in [0.05, 0.1) is 19.3 Å². The van der Waals surface area contributed by atoms with Gasteiger partial charge < -0.3 is 24.4 Å². The number of amides is 2. The third kappa shape index (κ3) is 4.30. The van der Waals surface area contributed by atoms with E-state index in [0.717, 1.165) is 0 Å². The van der Waals surface area contributed by atoms with Gasteiger partial charge in [0.25, 0.3) is 5.91 Å². The van der Waals surface area contributed by atoms with Crippen molar-refractivity contribution in [2.24, 2.45) is 0 Å². The predicted molar refractivity (Wildman–Crippen MR) is 106 cm³/mol. The van der Waals surface area contributed by atoms with Crippen LogP contribution < -0.4 is 19.5 Å². The highest BCUT2D eigenvalue weighted by molar-refractivity contribution is 5.95. The molecule has 8 nitrogen and oxygen atoms in total. The number of carbonyl (C=O) groups excluding carboxylic acids is 2. The number of anilines is 1. The fourth-order valence-corrected chi connectivity index (χ4v) is 3.47. The molecule has 0 bridgehead atoms. The van der Waals surface area contributed by atoms with Crippen LogP contribution in [0.25, 0.3) is 0 Å². The maximum Gasteiger partial charge on any atom is 0.253 e. The lowest BCUT2D eigenvalue weighted by Gasteiger charge is -2.34. The Labute approximate surface area is 173 Å². The third-order valence-electron chi connectivity index (χ3n) is 5.09. The first-order valence-electron chi connectivity index (χ1n) is 9.58. The summed E-state index contributed by atoms with van der Waals surface area (Å²) in [4.78, 5) is 28.7. The van der Waals surface area contributed by atoms with Crippen LogP contribution in [0.15, 0.2) is 36.4 Å². The smallest absolute Gasteiger partial charge is 0.253 e. The number of fused-ring (bicyclic) bond motifs is 1. The summed E-state index contributed by atoms with van der Waals surface area (Å²) in [6.45, 7) is 2.46. The van der Waals surface area contributed by atoms with Crippen molar-refractivity contribution in [3.63, 3.8) is 0 Å². The first-order chi connectivity index (χ1) is 14.5. The molecular formula is C21H22FN3O5. The Kier molecular flexibility index (Phi) is 5.71. The number of halogens is 1. The minimum absolute atomic E-state index is 0.135. The van der Waals surface area contributed by atoms with Gasteiger partial charge in [-0.1, -0.05) is 0 Å². The first kappa shape index (κ1) is 20.0. The fraction of sp³-hybridized carbons (Fsp3) is 0.333. The van der Waals surface area contributed by atoms with Crippen molar-refractivity contribution in [3.8, 4) is 17.2 Å². The molecule has 9 heteroatoms. The second kappa shape index (κ2) is 8.58. The Morgan fingerprint density at radius 3 is 2.40 bits per heavy atom. The normalized spacial score (nSPS) is 15.7. The molecule has 0 saturated carbocycles. The van der Waals surface area contributed by atoms with E-state index in [2.05, 4.69) is 5.32 Å². The highest BCUT2D eigenvalue weighted by Crippen LogP contribution is 2.40. The van der Waals surface area contributed by atoms with Crippen molar-refractivity contribution in [1.82, 2.24) is 9.80 Å². The van der Waals surface area contributed by atoms with Gasteiger partial charge in [-0.25, -0.2) is 4.39 Å². The molecule has 4 rings (SSSR count). The number of nitrogens with zero attached hydrogens (tertiary/aromatic N) is 2. The number of piperazine rings is 1. The van der Waals surface area contributed by atoms with Crippen LogP contribution in [0.3, 0.4) is 0 Å². The summed E-state index contributed by atoms with van der Waals surface area (Å²) >= 11 is 0. The van der Waals surface area contributed by atoms with Crippen LogP contribution >= 0.6 is 0 Å². The van der Waals surface area contributed by atoms with Gasteiger partial charge in [-0.05, 0) is 24.3 Å². The Morgan fingerprint density at radius 2 is 1.73 bits per heavy atom. The quantitative estimate of drug-likeness (QED) is 0.804. The molecule has 0 aliphatic carbocycles. The maximum absolute atomic E-state index is 13.0. The molecule has 0 radical (unpaired) electrons. The van der Waals surface area contributed by atoms with Crippen molar-refractivity contribution in [1.29, 1.82) is 0 Å². The van der Waals surface area contributed by atoms with E-state index in [9.17, 15) is 14.0 Å². The molecule has 158 valence electrons. The Balaban J connectivity index is 1.30. The van der Waals surface area contributed by atoms with E-state index in [1.165, 1.54) is 31.4 Å². The van der Waals surface area contributed by atoms with Crippen LogP contribution in [0.1, 0.15) is 10.4 Å². The van der Waals surface area contributed by atoms with Gasteiger partial charge in [0.2, 0.25) is 12.7 Å². The molecule has 30 heavy (non-hydrogen) atoms. The summed E-state index contributed by atoms with van der Waals surface area (Å²) in [5.41, 5.74) is 0.967. The lowest BCUT2D eigenvalue weighted by Crippen LogP contribution is -2.50. The van der Waals surface area contributed by atoms with E-state index >= 15 is 0 Å². The molecule has 1 N–H and O–H groups in total. The lowest BCUT2D eigenvalue weighted by molar-refractivity contribution is -0.117. The topological polar surface area (TPSA) is 80.3 Å². The molecule has 0 aromatic heterocycles. The third-order valence-corrected chi connectivity index (χ3v) is 5.09. The van der Waals surface area contributed by atoms with Gasteiger partial charge in [-0.2, -0.15) is 0 Å². The summed E-state index contributed by atoms with van der Waals surface area (Å²) in [5, 5.41) is 2.85. The van der Waals surface area contributed by atoms with Crippen molar-refractivity contribution in [2.45, 2.75) is 0 Å². The average molecular weight is 415 g/mol. The van der Waals surface area contributed by atoms with Crippen LogP contribution in [0.2, 0.25) is 0 Å². The highest BCUT2D eigenvalue weighted by atomic mass is 19.1. The number of benzene rings is 2. The molecular weight excluding hydrogens is 393 g/mol. The van der Waals surface area contributed by atoms with Crippen molar-refractivity contribution < 1.29 is 28.2 Å². The van der Waals surface area contributed by atoms with Gasteiger partial charge in [0.15, 0.2) is 11.5 Å². The fourth-order valence-electron chi connectivity index (χ4n) is 3.47. The first-order valence-corrected chi connectivity index (χ1v) is 9.58. The molecule has 2 amide bonds. The largest absolute Gasteiger partial charge is 0.494 e.